The van der Waals surface area contributed by atoms with Gasteiger partial charge in [0.25, 0.3) is 9.05 Å². The number of hydrogen-bond donors (Lipinski definition) is 0. The molecule has 1 aromatic carbocycles. The summed E-state index contributed by atoms with van der Waals surface area (Å²) < 4.78 is 28.3. The van der Waals surface area contributed by atoms with E-state index in [9.17, 15) is 8.42 Å². The first-order valence-electron chi connectivity index (χ1n) is 5.69. The molecule has 0 unspecified atom stereocenters. The number of aryl methyl sites for hydroxylation is 1. The zero-order valence-corrected chi connectivity index (χ0v) is 11.2. The van der Waals surface area contributed by atoms with Crippen LogP contribution in [0.1, 0.15) is 31.2 Å². The highest BCUT2D eigenvalue weighted by molar-refractivity contribution is 8.13. The van der Waals surface area contributed by atoms with Crippen molar-refractivity contribution < 1.29 is 13.2 Å². The summed E-state index contributed by atoms with van der Waals surface area (Å²) in [4.78, 5) is 0.0952. The molecule has 0 aliphatic heterocycles. The largest absolute Gasteiger partial charge is 0.490 e. The molecule has 0 amide bonds. The number of ether oxygens (including phenoxy) is 1. The molecule has 1 fully saturated rings. The van der Waals surface area contributed by atoms with E-state index in [0.29, 0.717) is 5.75 Å². The first-order chi connectivity index (χ1) is 7.97. The van der Waals surface area contributed by atoms with Crippen LogP contribution in [0, 0.1) is 6.92 Å². The quantitative estimate of drug-likeness (QED) is 0.795. The lowest BCUT2D eigenvalue weighted by atomic mass is 10.2. The smallest absolute Gasteiger partial charge is 0.261 e. The topological polar surface area (TPSA) is 43.4 Å². The van der Waals surface area contributed by atoms with Gasteiger partial charge in [0.1, 0.15) is 5.75 Å². The molecule has 0 atom stereocenters. The lowest BCUT2D eigenvalue weighted by Gasteiger charge is -2.15. The van der Waals surface area contributed by atoms with Crippen molar-refractivity contribution in [2.75, 3.05) is 0 Å². The van der Waals surface area contributed by atoms with Crippen LogP contribution in [0.15, 0.2) is 23.1 Å². The van der Waals surface area contributed by atoms with E-state index < -0.39 is 9.05 Å². The van der Waals surface area contributed by atoms with Crippen LogP contribution in [0.5, 0.6) is 5.75 Å². The molecule has 0 bridgehead atoms. The van der Waals surface area contributed by atoms with Gasteiger partial charge in [0.2, 0.25) is 0 Å². The van der Waals surface area contributed by atoms with Crippen LogP contribution in [0.25, 0.3) is 0 Å². The minimum Gasteiger partial charge on any atom is -0.490 e. The minimum absolute atomic E-state index is 0.0952. The van der Waals surface area contributed by atoms with Gasteiger partial charge >= 0.3 is 0 Å². The van der Waals surface area contributed by atoms with Crippen molar-refractivity contribution in [2.45, 2.75) is 43.6 Å². The number of benzene rings is 1. The molecule has 0 radical (unpaired) electrons. The van der Waals surface area contributed by atoms with Crippen molar-refractivity contribution >= 4 is 19.7 Å². The van der Waals surface area contributed by atoms with Gasteiger partial charge in [0, 0.05) is 16.7 Å². The summed E-state index contributed by atoms with van der Waals surface area (Å²) in [5, 5.41) is 0. The molecule has 94 valence electrons. The van der Waals surface area contributed by atoms with Crippen molar-refractivity contribution in [1.29, 1.82) is 0 Å². The van der Waals surface area contributed by atoms with Crippen LogP contribution >= 0.6 is 10.7 Å². The molecule has 1 aliphatic carbocycles. The van der Waals surface area contributed by atoms with Gasteiger partial charge in [-0.05, 0) is 44.2 Å². The Hall–Kier alpha value is -0.740. The molecule has 17 heavy (non-hydrogen) atoms. The number of rotatable bonds is 3. The van der Waals surface area contributed by atoms with Gasteiger partial charge in [-0.1, -0.05) is 6.07 Å². The molecule has 5 heteroatoms. The molecule has 0 heterocycles. The van der Waals surface area contributed by atoms with Crippen LogP contribution < -0.4 is 4.74 Å². The van der Waals surface area contributed by atoms with E-state index in [1.807, 2.05) is 6.92 Å². The number of halogens is 1. The Bertz CT molecular complexity index is 504. The van der Waals surface area contributed by atoms with E-state index in [1.54, 1.807) is 6.07 Å². The molecule has 3 nitrogen and oxygen atoms in total. The number of hydrogen-bond acceptors (Lipinski definition) is 3. The van der Waals surface area contributed by atoms with E-state index in [4.69, 9.17) is 15.4 Å². The normalized spacial score (nSPS) is 17.3. The summed E-state index contributed by atoms with van der Waals surface area (Å²) in [6.07, 6.45) is 4.64. The van der Waals surface area contributed by atoms with Gasteiger partial charge in [-0.3, -0.25) is 0 Å². The SMILES string of the molecule is Cc1ccc(S(=O)(=O)Cl)cc1OC1CCCC1. The van der Waals surface area contributed by atoms with Crippen LogP contribution in [0.2, 0.25) is 0 Å². The monoisotopic (exact) mass is 274 g/mol. The zero-order valence-electron chi connectivity index (χ0n) is 9.65. The second kappa shape index (κ2) is 4.86. The van der Waals surface area contributed by atoms with Gasteiger partial charge in [-0.25, -0.2) is 8.42 Å². The minimum atomic E-state index is -3.68. The predicted octanol–water partition coefficient (Wildman–Crippen LogP) is 3.24. The first kappa shape index (κ1) is 12.7. The van der Waals surface area contributed by atoms with Crippen LogP contribution in [-0.4, -0.2) is 14.5 Å². The summed E-state index contributed by atoms with van der Waals surface area (Å²) in [5.74, 6) is 0.624. The highest BCUT2D eigenvalue weighted by Crippen LogP contribution is 2.29. The Balaban J connectivity index is 2.26. The van der Waals surface area contributed by atoms with E-state index in [1.165, 1.54) is 25.0 Å². The van der Waals surface area contributed by atoms with Gasteiger partial charge in [-0.15, -0.1) is 0 Å². The van der Waals surface area contributed by atoms with Crippen LogP contribution in [0.4, 0.5) is 0 Å². The van der Waals surface area contributed by atoms with Crippen molar-refractivity contribution in [3.05, 3.63) is 23.8 Å². The van der Waals surface area contributed by atoms with E-state index >= 15 is 0 Å². The predicted molar refractivity (Wildman–Crippen MR) is 67.1 cm³/mol. The van der Waals surface area contributed by atoms with E-state index in [2.05, 4.69) is 0 Å². The van der Waals surface area contributed by atoms with Crippen molar-refractivity contribution in [2.24, 2.45) is 0 Å². The molecule has 0 aromatic heterocycles. The summed E-state index contributed by atoms with van der Waals surface area (Å²) in [7, 11) is 1.63. The third-order valence-corrected chi connectivity index (χ3v) is 4.39. The average molecular weight is 275 g/mol. The van der Waals surface area contributed by atoms with Crippen LogP contribution in [0.3, 0.4) is 0 Å². The van der Waals surface area contributed by atoms with Gasteiger partial charge in [-0.2, -0.15) is 0 Å². The fourth-order valence-electron chi connectivity index (χ4n) is 2.04. The second-order valence-corrected chi connectivity index (χ2v) is 6.96. The molecule has 2 rings (SSSR count). The Kier molecular flexibility index (Phi) is 3.64. The van der Waals surface area contributed by atoms with Crippen LogP contribution in [-0.2, 0) is 9.05 Å². The average Bonchev–Trinajstić information content (AvgIpc) is 2.72. The molecular formula is C12H15ClO3S. The van der Waals surface area contributed by atoms with E-state index in [-0.39, 0.29) is 11.0 Å². The molecule has 1 saturated carbocycles. The van der Waals surface area contributed by atoms with E-state index in [0.717, 1.165) is 18.4 Å². The fraction of sp³-hybridized carbons (Fsp3) is 0.500. The van der Waals surface area contributed by atoms with Gasteiger partial charge in [0.05, 0.1) is 11.0 Å². The molecule has 0 saturated heterocycles. The summed E-state index contributed by atoms with van der Waals surface area (Å²) in [6.45, 7) is 1.90. The Morgan fingerprint density at radius 1 is 1.29 bits per heavy atom. The van der Waals surface area contributed by atoms with Crippen molar-refractivity contribution in [3.63, 3.8) is 0 Å². The maximum atomic E-state index is 11.2. The third-order valence-electron chi connectivity index (χ3n) is 3.04. The molecule has 1 aromatic rings. The lowest BCUT2D eigenvalue weighted by Crippen LogP contribution is -2.12. The zero-order chi connectivity index (χ0) is 12.5. The molecule has 0 spiro atoms. The Labute approximate surface area is 106 Å². The fourth-order valence-corrected chi connectivity index (χ4v) is 2.81. The lowest BCUT2D eigenvalue weighted by molar-refractivity contribution is 0.208. The van der Waals surface area contributed by atoms with Gasteiger partial charge < -0.3 is 4.74 Å². The molecular weight excluding hydrogens is 260 g/mol. The second-order valence-electron chi connectivity index (χ2n) is 4.39. The van der Waals surface area contributed by atoms with Crippen molar-refractivity contribution in [3.8, 4) is 5.75 Å². The maximum absolute atomic E-state index is 11.2. The molecule has 1 aliphatic rings. The van der Waals surface area contributed by atoms with Gasteiger partial charge in [0.15, 0.2) is 0 Å². The van der Waals surface area contributed by atoms with Crippen molar-refractivity contribution in [1.82, 2.24) is 0 Å². The standard InChI is InChI=1S/C12H15ClO3S/c1-9-6-7-11(17(13,14)15)8-12(9)16-10-4-2-3-5-10/h6-8,10H,2-5H2,1H3. The maximum Gasteiger partial charge on any atom is 0.261 e. The summed E-state index contributed by atoms with van der Waals surface area (Å²) in [6, 6.07) is 4.73. The highest BCUT2D eigenvalue weighted by atomic mass is 35.7. The third kappa shape index (κ3) is 3.13. The Morgan fingerprint density at radius 3 is 2.53 bits per heavy atom. The summed E-state index contributed by atoms with van der Waals surface area (Å²) >= 11 is 0. The summed E-state index contributed by atoms with van der Waals surface area (Å²) in [5.41, 5.74) is 0.931. The highest BCUT2D eigenvalue weighted by Gasteiger charge is 2.19. The Morgan fingerprint density at radius 2 is 1.94 bits per heavy atom. The molecule has 0 N–H and O–H groups in total. The first-order valence-corrected chi connectivity index (χ1v) is 8.00.